The molecule has 0 heterocycles. The lowest BCUT2D eigenvalue weighted by molar-refractivity contribution is 0.191. The van der Waals surface area contributed by atoms with Gasteiger partial charge in [-0.3, -0.25) is 4.90 Å². The molecule has 19 heavy (non-hydrogen) atoms. The van der Waals surface area contributed by atoms with Gasteiger partial charge in [0, 0.05) is 12.6 Å². The third-order valence-electron chi connectivity index (χ3n) is 3.99. The van der Waals surface area contributed by atoms with Crippen LogP contribution in [0.5, 0.6) is 0 Å². The molecule has 0 amide bonds. The Labute approximate surface area is 119 Å². The second-order valence-electron chi connectivity index (χ2n) is 5.42. The topological polar surface area (TPSA) is 29.3 Å². The Morgan fingerprint density at radius 1 is 1.16 bits per heavy atom. The molecule has 0 aromatic heterocycles. The Morgan fingerprint density at radius 3 is 2.37 bits per heavy atom. The third kappa shape index (κ3) is 5.33. The van der Waals surface area contributed by atoms with Crippen LogP contribution in [0.15, 0.2) is 30.3 Å². The number of benzene rings is 1. The molecule has 0 aliphatic rings. The molecule has 0 aliphatic heterocycles. The molecule has 2 N–H and O–H groups in total. The number of hydrogen-bond donors (Lipinski definition) is 1. The average Bonchev–Trinajstić information content (AvgIpc) is 2.47. The van der Waals surface area contributed by atoms with E-state index < -0.39 is 0 Å². The third-order valence-corrected chi connectivity index (χ3v) is 3.99. The van der Waals surface area contributed by atoms with Crippen LogP contribution >= 0.6 is 0 Å². The highest BCUT2D eigenvalue weighted by Gasteiger charge is 2.18. The zero-order chi connectivity index (χ0) is 14.1. The minimum absolute atomic E-state index is 0.506. The zero-order valence-corrected chi connectivity index (χ0v) is 12.8. The maximum absolute atomic E-state index is 6.01. The lowest BCUT2D eigenvalue weighted by Crippen LogP contribution is -2.41. The second kappa shape index (κ2) is 9.11. The zero-order valence-electron chi connectivity index (χ0n) is 12.8. The van der Waals surface area contributed by atoms with Crippen molar-refractivity contribution in [1.82, 2.24) is 4.90 Å². The molecule has 0 aliphatic carbocycles. The van der Waals surface area contributed by atoms with Crippen LogP contribution in [0.1, 0.15) is 51.5 Å². The summed E-state index contributed by atoms with van der Waals surface area (Å²) in [5.41, 5.74) is 7.43. The first-order valence-corrected chi connectivity index (χ1v) is 7.71. The van der Waals surface area contributed by atoms with E-state index in [9.17, 15) is 0 Å². The van der Waals surface area contributed by atoms with E-state index in [4.69, 9.17) is 5.73 Å². The number of hydrogen-bond acceptors (Lipinski definition) is 2. The quantitative estimate of drug-likeness (QED) is 0.736. The van der Waals surface area contributed by atoms with Gasteiger partial charge in [0.25, 0.3) is 0 Å². The van der Waals surface area contributed by atoms with Crippen LogP contribution in [-0.4, -0.2) is 30.6 Å². The summed E-state index contributed by atoms with van der Waals surface area (Å²) in [5.74, 6) is 0.574. The van der Waals surface area contributed by atoms with Crippen molar-refractivity contribution in [3.05, 3.63) is 35.9 Å². The van der Waals surface area contributed by atoms with Gasteiger partial charge in [0.1, 0.15) is 0 Å². The predicted molar refractivity (Wildman–Crippen MR) is 84.5 cm³/mol. The Balaban J connectivity index is 2.59. The summed E-state index contributed by atoms with van der Waals surface area (Å²) in [4.78, 5) is 2.54. The van der Waals surface area contributed by atoms with Crippen molar-refractivity contribution in [2.24, 2.45) is 5.73 Å². The predicted octanol–water partition coefficient (Wildman–Crippen LogP) is 3.63. The standard InChI is InChI=1S/C17H30N2/c1-4-6-12-19(5-2)17(14-18)13-15(3)16-10-8-7-9-11-16/h7-11,15,17H,4-6,12-14,18H2,1-3H3. The largest absolute Gasteiger partial charge is 0.329 e. The van der Waals surface area contributed by atoms with Gasteiger partial charge in [0.2, 0.25) is 0 Å². The van der Waals surface area contributed by atoms with E-state index in [2.05, 4.69) is 56.0 Å². The normalized spacial score (nSPS) is 14.6. The van der Waals surface area contributed by atoms with Crippen molar-refractivity contribution in [3.63, 3.8) is 0 Å². The van der Waals surface area contributed by atoms with Crippen molar-refractivity contribution in [3.8, 4) is 0 Å². The van der Waals surface area contributed by atoms with Gasteiger partial charge in [-0.15, -0.1) is 0 Å². The van der Waals surface area contributed by atoms with Gasteiger partial charge in [0.15, 0.2) is 0 Å². The smallest absolute Gasteiger partial charge is 0.0224 e. The fraction of sp³-hybridized carbons (Fsp3) is 0.647. The number of unbranched alkanes of at least 4 members (excludes halogenated alkanes) is 1. The Bertz CT molecular complexity index is 323. The molecule has 2 nitrogen and oxygen atoms in total. The first-order chi connectivity index (χ1) is 9.22. The summed E-state index contributed by atoms with van der Waals surface area (Å²) in [6.45, 7) is 9.84. The number of rotatable bonds is 9. The number of nitrogens with two attached hydrogens (primary N) is 1. The van der Waals surface area contributed by atoms with Crippen molar-refractivity contribution in [2.75, 3.05) is 19.6 Å². The molecule has 0 saturated heterocycles. The van der Waals surface area contributed by atoms with Crippen molar-refractivity contribution in [1.29, 1.82) is 0 Å². The van der Waals surface area contributed by atoms with Gasteiger partial charge < -0.3 is 5.73 Å². The summed E-state index contributed by atoms with van der Waals surface area (Å²) >= 11 is 0. The molecular weight excluding hydrogens is 232 g/mol. The maximum atomic E-state index is 6.01. The van der Waals surface area contributed by atoms with Crippen LogP contribution in [0.2, 0.25) is 0 Å². The van der Waals surface area contributed by atoms with Gasteiger partial charge in [-0.2, -0.15) is 0 Å². The molecule has 0 spiro atoms. The molecule has 1 aromatic rings. The van der Waals surface area contributed by atoms with E-state index in [0.717, 1.165) is 19.5 Å². The monoisotopic (exact) mass is 262 g/mol. The van der Waals surface area contributed by atoms with Gasteiger partial charge >= 0.3 is 0 Å². The first kappa shape index (κ1) is 16.2. The molecule has 2 atom stereocenters. The fourth-order valence-electron chi connectivity index (χ4n) is 2.68. The van der Waals surface area contributed by atoms with E-state index in [1.807, 2.05) is 0 Å². The molecule has 0 saturated carbocycles. The minimum Gasteiger partial charge on any atom is -0.329 e. The van der Waals surface area contributed by atoms with Crippen LogP contribution in [0, 0.1) is 0 Å². The van der Waals surface area contributed by atoms with Crippen LogP contribution in [-0.2, 0) is 0 Å². The highest BCUT2D eigenvalue weighted by atomic mass is 15.2. The lowest BCUT2D eigenvalue weighted by atomic mass is 9.93. The average molecular weight is 262 g/mol. The van der Waals surface area contributed by atoms with Crippen molar-refractivity contribution in [2.45, 2.75) is 52.0 Å². The Kier molecular flexibility index (Phi) is 7.76. The van der Waals surface area contributed by atoms with Crippen LogP contribution in [0.4, 0.5) is 0 Å². The van der Waals surface area contributed by atoms with Crippen molar-refractivity contribution >= 4 is 0 Å². The molecule has 1 rings (SSSR count). The fourth-order valence-corrected chi connectivity index (χ4v) is 2.68. The van der Waals surface area contributed by atoms with Crippen LogP contribution < -0.4 is 5.73 Å². The molecular formula is C17H30N2. The van der Waals surface area contributed by atoms with E-state index in [0.29, 0.717) is 12.0 Å². The van der Waals surface area contributed by atoms with Crippen LogP contribution in [0.3, 0.4) is 0 Å². The molecule has 0 fully saturated rings. The summed E-state index contributed by atoms with van der Waals surface area (Å²) in [6, 6.07) is 11.3. The van der Waals surface area contributed by atoms with Crippen molar-refractivity contribution < 1.29 is 0 Å². The molecule has 2 unspecified atom stereocenters. The lowest BCUT2D eigenvalue weighted by Gasteiger charge is -2.31. The first-order valence-electron chi connectivity index (χ1n) is 7.71. The Morgan fingerprint density at radius 2 is 1.84 bits per heavy atom. The van der Waals surface area contributed by atoms with E-state index in [1.54, 1.807) is 0 Å². The SMILES string of the molecule is CCCCN(CC)C(CN)CC(C)c1ccccc1. The Hall–Kier alpha value is -0.860. The highest BCUT2D eigenvalue weighted by molar-refractivity contribution is 5.18. The van der Waals surface area contributed by atoms with E-state index in [1.165, 1.54) is 24.9 Å². The molecule has 1 aromatic carbocycles. The number of nitrogens with zero attached hydrogens (tertiary/aromatic N) is 1. The van der Waals surface area contributed by atoms with Gasteiger partial charge in [-0.1, -0.05) is 57.5 Å². The maximum Gasteiger partial charge on any atom is 0.0224 e. The second-order valence-corrected chi connectivity index (χ2v) is 5.42. The van der Waals surface area contributed by atoms with Gasteiger partial charge in [-0.05, 0) is 37.4 Å². The number of likely N-dealkylation sites (N-methyl/N-ethyl adjacent to an activating group) is 1. The summed E-state index contributed by atoms with van der Waals surface area (Å²) in [5, 5.41) is 0. The van der Waals surface area contributed by atoms with E-state index in [-0.39, 0.29) is 0 Å². The highest BCUT2D eigenvalue weighted by Crippen LogP contribution is 2.22. The van der Waals surface area contributed by atoms with E-state index >= 15 is 0 Å². The summed E-state index contributed by atoms with van der Waals surface area (Å²) in [7, 11) is 0. The molecule has 0 bridgehead atoms. The van der Waals surface area contributed by atoms with Gasteiger partial charge in [-0.25, -0.2) is 0 Å². The molecule has 0 radical (unpaired) electrons. The minimum atomic E-state index is 0.506. The molecule has 108 valence electrons. The summed E-state index contributed by atoms with van der Waals surface area (Å²) in [6.07, 6.45) is 3.67. The van der Waals surface area contributed by atoms with Gasteiger partial charge in [0.05, 0.1) is 0 Å². The van der Waals surface area contributed by atoms with Crippen LogP contribution in [0.25, 0.3) is 0 Å². The summed E-state index contributed by atoms with van der Waals surface area (Å²) < 4.78 is 0. The molecule has 2 heteroatoms.